The van der Waals surface area contributed by atoms with Gasteiger partial charge in [-0.15, -0.1) is 0 Å². The number of ether oxygens (including phenoxy) is 2. The summed E-state index contributed by atoms with van der Waals surface area (Å²) in [5.74, 6) is 0.492. The lowest BCUT2D eigenvalue weighted by molar-refractivity contribution is 0.216. The molecule has 1 aromatic carbocycles. The third-order valence-corrected chi connectivity index (χ3v) is 4.28. The van der Waals surface area contributed by atoms with Crippen LogP contribution in [0.1, 0.15) is 38.0 Å². The number of nitrogens with two attached hydrogens (primary N) is 1. The van der Waals surface area contributed by atoms with E-state index in [-0.39, 0.29) is 5.02 Å². The van der Waals surface area contributed by atoms with Crippen molar-refractivity contribution in [1.82, 2.24) is 9.97 Å². The van der Waals surface area contributed by atoms with Gasteiger partial charge in [0.1, 0.15) is 35.7 Å². The Morgan fingerprint density at radius 3 is 2.78 bits per heavy atom. The summed E-state index contributed by atoms with van der Waals surface area (Å²) in [6.07, 6.45) is 2.96. The second kappa shape index (κ2) is 9.58. The number of rotatable bonds is 6. The van der Waals surface area contributed by atoms with E-state index >= 15 is 0 Å². The van der Waals surface area contributed by atoms with E-state index in [0.717, 1.165) is 16.6 Å². The zero-order chi connectivity index (χ0) is 20.0. The predicted molar refractivity (Wildman–Crippen MR) is 107 cm³/mol. The number of hydrogen-bond acceptors (Lipinski definition) is 4. The van der Waals surface area contributed by atoms with Gasteiger partial charge in [-0.3, -0.25) is 0 Å². The molecule has 0 aliphatic carbocycles. The molecule has 7 heteroatoms. The van der Waals surface area contributed by atoms with Crippen LogP contribution in [-0.2, 0) is 0 Å². The second-order valence-electron chi connectivity index (χ2n) is 5.71. The molecule has 0 saturated heterocycles. The van der Waals surface area contributed by atoms with Crippen molar-refractivity contribution in [2.24, 2.45) is 5.73 Å². The maximum atomic E-state index is 13.9. The molecule has 0 bridgehead atoms. The standard InChI is InChI=1S/C18H19ClFN3O2.C2H6/c1-10-8-22-18-13(10)7-12(9-23-18)25-11(2)16-15(24-6-5-21)4-3-14(20)17(16)19;1-2/h3-4,7-9,11H,5-6,21H2,1-2H3,(H,22,23);1-2H3. The van der Waals surface area contributed by atoms with Crippen molar-refractivity contribution < 1.29 is 13.9 Å². The van der Waals surface area contributed by atoms with Gasteiger partial charge in [-0.25, -0.2) is 9.37 Å². The number of nitrogens with one attached hydrogen (secondary N) is 1. The molecule has 5 nitrogen and oxygen atoms in total. The van der Waals surface area contributed by atoms with E-state index in [1.54, 1.807) is 13.1 Å². The van der Waals surface area contributed by atoms with Crippen LogP contribution >= 0.6 is 11.6 Å². The van der Waals surface area contributed by atoms with Crippen molar-refractivity contribution in [3.63, 3.8) is 0 Å². The van der Waals surface area contributed by atoms with Gasteiger partial charge < -0.3 is 20.2 Å². The number of fused-ring (bicyclic) bond motifs is 1. The number of aryl methyl sites for hydroxylation is 1. The van der Waals surface area contributed by atoms with Crippen molar-refractivity contribution >= 4 is 22.6 Å². The predicted octanol–water partition coefficient (Wildman–Crippen LogP) is 5.17. The first kappa shape index (κ1) is 21.0. The number of halogens is 2. The monoisotopic (exact) mass is 393 g/mol. The molecular formula is C20H25ClFN3O2. The van der Waals surface area contributed by atoms with Gasteiger partial charge in [0, 0.05) is 18.1 Å². The number of hydrogen-bond donors (Lipinski definition) is 2. The molecule has 27 heavy (non-hydrogen) atoms. The smallest absolute Gasteiger partial charge is 0.142 e. The zero-order valence-electron chi connectivity index (χ0n) is 16.0. The molecule has 0 fully saturated rings. The minimum absolute atomic E-state index is 0.0196. The summed E-state index contributed by atoms with van der Waals surface area (Å²) in [6.45, 7) is 8.41. The summed E-state index contributed by atoms with van der Waals surface area (Å²) in [6, 6.07) is 4.68. The van der Waals surface area contributed by atoms with Crippen LogP contribution < -0.4 is 15.2 Å². The number of aromatic nitrogens is 2. The lowest BCUT2D eigenvalue weighted by Crippen LogP contribution is -2.14. The van der Waals surface area contributed by atoms with Crippen molar-refractivity contribution in [3.05, 3.63) is 52.6 Å². The molecule has 0 aliphatic rings. The molecule has 3 aromatic rings. The fourth-order valence-corrected chi connectivity index (χ4v) is 2.98. The summed E-state index contributed by atoms with van der Waals surface area (Å²) < 4.78 is 25.4. The highest BCUT2D eigenvalue weighted by molar-refractivity contribution is 6.31. The topological polar surface area (TPSA) is 73.2 Å². The van der Waals surface area contributed by atoms with Gasteiger partial charge in [0.25, 0.3) is 0 Å². The zero-order valence-corrected chi connectivity index (χ0v) is 16.7. The van der Waals surface area contributed by atoms with Gasteiger partial charge in [0.2, 0.25) is 0 Å². The molecule has 0 saturated carbocycles. The van der Waals surface area contributed by atoms with E-state index in [2.05, 4.69) is 9.97 Å². The summed E-state index contributed by atoms with van der Waals surface area (Å²) in [7, 11) is 0. The van der Waals surface area contributed by atoms with Crippen molar-refractivity contribution in [2.45, 2.75) is 33.8 Å². The summed E-state index contributed by atoms with van der Waals surface area (Å²) >= 11 is 6.15. The van der Waals surface area contributed by atoms with Gasteiger partial charge in [0.15, 0.2) is 0 Å². The van der Waals surface area contributed by atoms with Crippen molar-refractivity contribution in [2.75, 3.05) is 13.2 Å². The fourth-order valence-electron chi connectivity index (χ4n) is 2.67. The van der Waals surface area contributed by atoms with Crippen LogP contribution in [0.4, 0.5) is 4.39 Å². The van der Waals surface area contributed by atoms with Gasteiger partial charge in [-0.05, 0) is 37.6 Å². The van der Waals surface area contributed by atoms with Gasteiger partial charge in [-0.2, -0.15) is 0 Å². The number of H-pyrrole nitrogens is 1. The van der Waals surface area contributed by atoms with Crippen LogP contribution in [0.15, 0.2) is 30.6 Å². The molecule has 3 N–H and O–H groups in total. The Labute approximate surface area is 163 Å². The second-order valence-corrected chi connectivity index (χ2v) is 6.09. The molecule has 2 heterocycles. The van der Waals surface area contributed by atoms with E-state index in [4.69, 9.17) is 26.8 Å². The normalized spacial score (nSPS) is 11.7. The number of nitrogens with zero attached hydrogens (tertiary/aromatic N) is 1. The molecule has 0 spiro atoms. The SMILES string of the molecule is CC.Cc1c[nH]c2ncc(OC(C)c3c(OCCN)ccc(F)c3Cl)cc12. The molecule has 3 rings (SSSR count). The Balaban J connectivity index is 0.00000126. The van der Waals surface area contributed by atoms with E-state index in [1.807, 2.05) is 33.0 Å². The maximum absolute atomic E-state index is 13.9. The summed E-state index contributed by atoms with van der Waals surface area (Å²) in [5.41, 5.74) is 7.77. The van der Waals surface area contributed by atoms with Crippen LogP contribution in [0.2, 0.25) is 5.02 Å². The maximum Gasteiger partial charge on any atom is 0.142 e. The first-order chi connectivity index (χ1) is 13.0. The molecule has 0 aliphatic heterocycles. The highest BCUT2D eigenvalue weighted by atomic mass is 35.5. The molecular weight excluding hydrogens is 369 g/mol. The first-order valence-electron chi connectivity index (χ1n) is 8.92. The Morgan fingerprint density at radius 1 is 1.33 bits per heavy atom. The Morgan fingerprint density at radius 2 is 2.07 bits per heavy atom. The largest absolute Gasteiger partial charge is 0.492 e. The van der Waals surface area contributed by atoms with Crippen LogP contribution in [0.3, 0.4) is 0 Å². The van der Waals surface area contributed by atoms with E-state index in [1.165, 1.54) is 12.1 Å². The molecule has 1 atom stereocenters. The molecule has 0 amide bonds. The quantitative estimate of drug-likeness (QED) is 0.606. The molecule has 1 unspecified atom stereocenters. The Kier molecular flexibility index (Phi) is 7.45. The highest BCUT2D eigenvalue weighted by Gasteiger charge is 2.21. The van der Waals surface area contributed by atoms with E-state index in [9.17, 15) is 4.39 Å². The fraction of sp³-hybridized carbons (Fsp3) is 0.350. The van der Waals surface area contributed by atoms with Gasteiger partial charge in [-0.1, -0.05) is 25.4 Å². The average Bonchev–Trinajstić information content (AvgIpc) is 3.04. The molecule has 0 radical (unpaired) electrons. The lowest BCUT2D eigenvalue weighted by Gasteiger charge is -2.20. The Bertz CT molecular complexity index is 898. The van der Waals surface area contributed by atoms with Crippen molar-refractivity contribution in [3.8, 4) is 11.5 Å². The third kappa shape index (κ3) is 4.70. The highest BCUT2D eigenvalue weighted by Crippen LogP contribution is 2.37. The molecule has 2 aromatic heterocycles. The number of pyridine rings is 1. The van der Waals surface area contributed by atoms with Crippen LogP contribution in [0.25, 0.3) is 11.0 Å². The number of aromatic amines is 1. The average molecular weight is 394 g/mol. The minimum atomic E-state index is -0.533. The molecule has 146 valence electrons. The van der Waals surface area contributed by atoms with Crippen LogP contribution in [0.5, 0.6) is 11.5 Å². The van der Waals surface area contributed by atoms with E-state index < -0.39 is 11.9 Å². The van der Waals surface area contributed by atoms with Gasteiger partial charge in [0.05, 0.1) is 16.8 Å². The Hall–Kier alpha value is -2.31. The lowest BCUT2D eigenvalue weighted by atomic mass is 10.1. The third-order valence-electron chi connectivity index (χ3n) is 3.90. The minimum Gasteiger partial charge on any atom is -0.492 e. The number of benzene rings is 1. The van der Waals surface area contributed by atoms with Crippen LogP contribution in [-0.4, -0.2) is 23.1 Å². The van der Waals surface area contributed by atoms with E-state index in [0.29, 0.717) is 30.2 Å². The van der Waals surface area contributed by atoms with Gasteiger partial charge >= 0.3 is 0 Å². The van der Waals surface area contributed by atoms with Crippen LogP contribution in [0, 0.1) is 12.7 Å². The summed E-state index contributed by atoms with van der Waals surface area (Å²) in [5, 5.41) is 0.948. The van der Waals surface area contributed by atoms with Crippen molar-refractivity contribution in [1.29, 1.82) is 0 Å². The first-order valence-corrected chi connectivity index (χ1v) is 9.30. The summed E-state index contributed by atoms with van der Waals surface area (Å²) in [4.78, 5) is 7.41.